The number of ether oxygens (including phenoxy) is 4. The SMILES string of the molecule is CCOc1cc(CC)c(C(Nc2ccc(OCc3ncc(CN(C)C/C=C/C(O)Nc4cc5c(cc4OCC)/C=C/CCC(C#N)C5Nc4ccc(OCC5NCCCC5C)cc4Cl)cc3CC)c(Cl)c2)C(C#N)CC)cc1NC(=O)CCCN(C)C. The van der Waals surface area contributed by atoms with Gasteiger partial charge in [-0.2, -0.15) is 10.5 Å². The van der Waals surface area contributed by atoms with E-state index in [0.29, 0.717) is 115 Å². The maximum absolute atomic E-state index is 13.1. The predicted octanol–water partition coefficient (Wildman–Crippen LogP) is 14.2. The zero-order valence-corrected chi connectivity index (χ0v) is 53.8. The highest BCUT2D eigenvalue weighted by atomic mass is 35.5. The van der Waals surface area contributed by atoms with E-state index in [2.05, 4.69) is 87.5 Å². The Labute approximate surface area is 526 Å². The molecule has 1 amide bonds. The standard InChI is InChI=1S/C69H90Cl2N10O6/c1-10-47-33-64(84-13-4)59(77-66(82)23-18-30-80(7)8)37-54(47)68(49(12-3)39-72)76-52-25-28-63(57(71)35-52)87-44-62-48(11-2)32-46(41-75-62)42-81(9)31-19-24-67(83)78-60-38-55-50(34-65(60)85-14-5)21-15-16-22-51(40-73)69(55)79-58-27-26-53(36-56(58)70)86-43-61-45(6)20-17-29-74-61/h15,19,21,24-28,32-38,41,45,49,51,61,67-69,74,76,78-79,83H,10-14,16-18,20,22-23,29-31,42-44H2,1-9H3,(H,77,82)/b21-15+,24-19+. The second-order valence-corrected chi connectivity index (χ2v) is 23.7. The van der Waals surface area contributed by atoms with E-state index < -0.39 is 24.2 Å². The maximum Gasteiger partial charge on any atom is 0.224 e. The third-order valence-electron chi connectivity index (χ3n) is 16.1. The molecule has 4 aromatic carbocycles. The van der Waals surface area contributed by atoms with Gasteiger partial charge in [-0.15, -0.1) is 0 Å². The molecular formula is C69H90Cl2N10O6. The number of hydrogen-bond acceptors (Lipinski definition) is 15. The molecule has 1 aliphatic carbocycles. The summed E-state index contributed by atoms with van der Waals surface area (Å²) in [6.45, 7) is 16.8. The second kappa shape index (κ2) is 33.9. The Kier molecular flexibility index (Phi) is 26.3. The number of nitrogens with zero attached hydrogens (tertiary/aromatic N) is 5. The van der Waals surface area contributed by atoms with Crippen molar-refractivity contribution in [3.05, 3.63) is 140 Å². The van der Waals surface area contributed by atoms with Gasteiger partial charge in [0.1, 0.15) is 42.4 Å². The van der Waals surface area contributed by atoms with Gasteiger partial charge in [-0.25, -0.2) is 0 Å². The van der Waals surface area contributed by atoms with Crippen LogP contribution in [0.25, 0.3) is 6.08 Å². The summed E-state index contributed by atoms with van der Waals surface area (Å²) in [4.78, 5) is 22.2. The molecule has 0 spiro atoms. The van der Waals surface area contributed by atoms with Gasteiger partial charge in [0, 0.05) is 43.5 Å². The fourth-order valence-corrected chi connectivity index (χ4v) is 11.7. The van der Waals surface area contributed by atoms with E-state index in [9.17, 15) is 20.4 Å². The number of amides is 1. The molecule has 466 valence electrons. The van der Waals surface area contributed by atoms with Crippen LogP contribution in [0.1, 0.15) is 138 Å². The summed E-state index contributed by atoms with van der Waals surface area (Å²) in [5, 5.41) is 50.5. The summed E-state index contributed by atoms with van der Waals surface area (Å²) < 4.78 is 24.7. The minimum Gasteiger partial charge on any atom is -0.492 e. The van der Waals surface area contributed by atoms with Crippen molar-refractivity contribution < 1.29 is 28.8 Å². The molecule has 2 heterocycles. The third kappa shape index (κ3) is 19.2. The Morgan fingerprint density at radius 2 is 1.66 bits per heavy atom. The molecule has 2 aliphatic rings. The molecule has 1 aromatic heterocycles. The average Bonchev–Trinajstić information content (AvgIpc) is 1.61. The molecule has 0 bridgehead atoms. The lowest BCUT2D eigenvalue weighted by Crippen LogP contribution is -2.44. The maximum atomic E-state index is 13.1. The number of fused-ring (bicyclic) bond motifs is 1. The number of allylic oxidation sites excluding steroid dienone is 1. The van der Waals surface area contributed by atoms with E-state index in [1.165, 1.54) is 12.8 Å². The van der Waals surface area contributed by atoms with Gasteiger partial charge in [0.25, 0.3) is 0 Å². The van der Waals surface area contributed by atoms with E-state index in [0.717, 1.165) is 77.1 Å². The van der Waals surface area contributed by atoms with Crippen LogP contribution in [-0.2, 0) is 30.8 Å². The minimum absolute atomic E-state index is 0.0944. The number of nitriles is 2. The van der Waals surface area contributed by atoms with E-state index in [1.54, 1.807) is 6.08 Å². The molecular weight excluding hydrogens is 1140 g/mol. The van der Waals surface area contributed by atoms with Crippen LogP contribution < -0.4 is 45.5 Å². The van der Waals surface area contributed by atoms with E-state index >= 15 is 0 Å². The molecule has 0 radical (unpaired) electrons. The summed E-state index contributed by atoms with van der Waals surface area (Å²) in [5.74, 6) is 2.04. The van der Waals surface area contributed by atoms with Crippen molar-refractivity contribution in [2.75, 3.05) is 81.9 Å². The number of hydrogen-bond donors (Lipinski definition) is 6. The van der Waals surface area contributed by atoms with Gasteiger partial charge in [-0.3, -0.25) is 14.7 Å². The number of aryl methyl sites for hydroxylation is 2. The first kappa shape index (κ1) is 67.5. The number of likely N-dealkylation sites (N-methyl/N-ethyl adjacent to an activating group) is 1. The first-order valence-electron chi connectivity index (χ1n) is 31.0. The Bertz CT molecular complexity index is 3220. The highest BCUT2D eigenvalue weighted by Gasteiger charge is 2.30. The van der Waals surface area contributed by atoms with Gasteiger partial charge < -0.3 is 55.5 Å². The molecule has 1 aliphatic heterocycles. The molecule has 7 rings (SSSR count). The highest BCUT2D eigenvalue weighted by Crippen LogP contribution is 2.43. The molecule has 1 saturated heterocycles. The highest BCUT2D eigenvalue weighted by molar-refractivity contribution is 6.33. The average molecular weight is 1230 g/mol. The number of halogens is 2. The first-order valence-corrected chi connectivity index (χ1v) is 31.7. The predicted molar refractivity (Wildman–Crippen MR) is 352 cm³/mol. The fraction of sp³-hybridized carbons (Fsp3) is 0.478. The molecule has 16 nitrogen and oxygen atoms in total. The number of rotatable bonds is 31. The summed E-state index contributed by atoms with van der Waals surface area (Å²) >= 11 is 13.9. The number of benzene rings is 4. The van der Waals surface area contributed by atoms with Crippen molar-refractivity contribution in [1.82, 2.24) is 20.1 Å². The Morgan fingerprint density at radius 1 is 0.874 bits per heavy atom. The van der Waals surface area contributed by atoms with E-state index in [-0.39, 0.29) is 24.5 Å². The molecule has 18 heteroatoms. The zero-order valence-electron chi connectivity index (χ0n) is 52.3. The molecule has 7 unspecified atom stereocenters. The number of carbonyl (C=O) groups excluding carboxylic acids is 1. The smallest absolute Gasteiger partial charge is 0.224 e. The molecule has 5 aromatic rings. The number of aliphatic hydroxyl groups is 1. The van der Waals surface area contributed by atoms with Crippen molar-refractivity contribution in [2.24, 2.45) is 17.8 Å². The number of piperidine rings is 1. The lowest BCUT2D eigenvalue weighted by molar-refractivity contribution is -0.116. The second-order valence-electron chi connectivity index (χ2n) is 22.9. The fourth-order valence-electron chi connectivity index (χ4n) is 11.3. The quantitative estimate of drug-likeness (QED) is 0.0181. The van der Waals surface area contributed by atoms with Gasteiger partial charge >= 0.3 is 0 Å². The topological polar surface area (TPSA) is 201 Å². The monoisotopic (exact) mass is 1220 g/mol. The number of nitrogens with one attached hydrogen (secondary N) is 5. The van der Waals surface area contributed by atoms with Gasteiger partial charge in [0.15, 0.2) is 0 Å². The Morgan fingerprint density at radius 3 is 2.34 bits per heavy atom. The van der Waals surface area contributed by atoms with E-state index in [4.69, 9.17) is 47.1 Å². The number of aromatic nitrogens is 1. The number of aliphatic hydroxyl groups excluding tert-OH is 1. The zero-order chi connectivity index (χ0) is 62.4. The van der Waals surface area contributed by atoms with Gasteiger partial charge in [-0.1, -0.05) is 75.2 Å². The van der Waals surface area contributed by atoms with Crippen LogP contribution in [0.4, 0.5) is 22.7 Å². The Balaban J connectivity index is 0.974. The lowest BCUT2D eigenvalue weighted by Gasteiger charge is -2.30. The molecule has 7 atom stereocenters. The lowest BCUT2D eigenvalue weighted by atomic mass is 9.85. The summed E-state index contributed by atoms with van der Waals surface area (Å²) in [5.41, 5.74) is 9.19. The molecule has 0 saturated carbocycles. The Hall–Kier alpha value is -7.02. The van der Waals surface area contributed by atoms with Crippen molar-refractivity contribution in [3.63, 3.8) is 0 Å². The molecule has 87 heavy (non-hydrogen) atoms. The van der Waals surface area contributed by atoms with Crippen LogP contribution in [0.2, 0.25) is 10.0 Å². The van der Waals surface area contributed by atoms with Gasteiger partial charge in [0.2, 0.25) is 5.91 Å². The molecule has 1 fully saturated rings. The van der Waals surface area contributed by atoms with Crippen LogP contribution in [0.3, 0.4) is 0 Å². The van der Waals surface area contributed by atoms with Crippen molar-refractivity contribution in [2.45, 2.75) is 137 Å². The van der Waals surface area contributed by atoms with E-state index in [1.807, 2.05) is 115 Å². The summed E-state index contributed by atoms with van der Waals surface area (Å²) in [6, 6.07) is 25.8. The van der Waals surface area contributed by atoms with Crippen molar-refractivity contribution in [3.8, 4) is 35.1 Å². The summed E-state index contributed by atoms with van der Waals surface area (Å²) in [7, 11) is 5.99. The summed E-state index contributed by atoms with van der Waals surface area (Å²) in [6.07, 6.45) is 15.5. The van der Waals surface area contributed by atoms with Crippen LogP contribution in [0, 0.1) is 40.4 Å². The largest absolute Gasteiger partial charge is 0.492 e. The van der Waals surface area contributed by atoms with Crippen LogP contribution in [0.15, 0.2) is 91.2 Å². The van der Waals surface area contributed by atoms with Crippen molar-refractivity contribution in [1.29, 1.82) is 10.5 Å². The number of carbonyl (C=O) groups is 1. The third-order valence-corrected chi connectivity index (χ3v) is 16.7. The van der Waals surface area contributed by atoms with Crippen LogP contribution >= 0.6 is 23.2 Å². The van der Waals surface area contributed by atoms with Crippen LogP contribution in [-0.4, -0.2) is 98.7 Å². The number of pyridine rings is 1. The van der Waals surface area contributed by atoms with Crippen LogP contribution in [0.5, 0.6) is 23.0 Å². The minimum atomic E-state index is -1.05. The van der Waals surface area contributed by atoms with Crippen molar-refractivity contribution >= 4 is 57.9 Å². The normalized spacial score (nSPS) is 18.1. The van der Waals surface area contributed by atoms with Gasteiger partial charge in [-0.05, 0) is 199 Å². The molecule has 6 N–H and O–H groups in total. The van der Waals surface area contributed by atoms with Gasteiger partial charge in [0.05, 0.1) is 82.1 Å². The number of anilines is 4. The first-order chi connectivity index (χ1) is 42.1.